The Labute approximate surface area is 140 Å². The first-order valence-electron chi connectivity index (χ1n) is 8.26. The molecule has 1 heterocycles. The van der Waals surface area contributed by atoms with Crippen LogP contribution in [-0.4, -0.2) is 12.5 Å². The average Bonchev–Trinajstić information content (AvgIpc) is 3.33. The van der Waals surface area contributed by atoms with Gasteiger partial charge < -0.3 is 14.5 Å². The number of rotatable bonds is 6. The highest BCUT2D eigenvalue weighted by molar-refractivity contribution is 5.91. The maximum absolute atomic E-state index is 12.0. The lowest BCUT2D eigenvalue weighted by Crippen LogP contribution is -2.24. The number of benzene rings is 2. The smallest absolute Gasteiger partial charge is 0.287 e. The van der Waals surface area contributed by atoms with Gasteiger partial charge in [-0.05, 0) is 53.8 Å². The summed E-state index contributed by atoms with van der Waals surface area (Å²) in [4.78, 5) is 12.0. The number of nitrogens with one attached hydrogen (secondary N) is 1. The van der Waals surface area contributed by atoms with Gasteiger partial charge in [0.2, 0.25) is 0 Å². The fourth-order valence-electron chi connectivity index (χ4n) is 2.64. The van der Waals surface area contributed by atoms with Crippen molar-refractivity contribution < 1.29 is 13.9 Å². The van der Waals surface area contributed by atoms with E-state index < -0.39 is 0 Å². The number of fused-ring (bicyclic) bond motifs is 1. The minimum atomic E-state index is -0.154. The van der Waals surface area contributed by atoms with Crippen LogP contribution in [0.3, 0.4) is 0 Å². The van der Waals surface area contributed by atoms with E-state index in [0.29, 0.717) is 24.0 Å². The zero-order chi connectivity index (χ0) is 16.4. The predicted octanol–water partition coefficient (Wildman–Crippen LogP) is 4.15. The standard InChI is InChI=1S/C20H19NO3/c22-20(21-12-14-5-6-14)19-10-9-18(24-19)13-23-17-8-7-15-3-1-2-4-16(15)11-17/h1-4,7-11,14H,5-6,12-13H2,(H,21,22). The monoisotopic (exact) mass is 321 g/mol. The summed E-state index contributed by atoms with van der Waals surface area (Å²) in [5.41, 5.74) is 0. The molecule has 1 aliphatic rings. The fraction of sp³-hybridized carbons (Fsp3) is 0.250. The molecule has 24 heavy (non-hydrogen) atoms. The SMILES string of the molecule is O=C(NCC1CC1)c1ccc(COc2ccc3ccccc3c2)o1. The van der Waals surface area contributed by atoms with Crippen LogP contribution in [0.5, 0.6) is 5.75 Å². The number of ether oxygens (including phenoxy) is 1. The predicted molar refractivity (Wildman–Crippen MR) is 92.0 cm³/mol. The van der Waals surface area contributed by atoms with E-state index in [1.54, 1.807) is 12.1 Å². The van der Waals surface area contributed by atoms with E-state index >= 15 is 0 Å². The van der Waals surface area contributed by atoms with Gasteiger partial charge >= 0.3 is 0 Å². The summed E-state index contributed by atoms with van der Waals surface area (Å²) in [5, 5.41) is 5.21. The van der Waals surface area contributed by atoms with Gasteiger partial charge in [-0.15, -0.1) is 0 Å². The van der Waals surface area contributed by atoms with E-state index in [9.17, 15) is 4.79 Å². The first-order chi connectivity index (χ1) is 11.8. The van der Waals surface area contributed by atoms with Crippen molar-refractivity contribution in [2.24, 2.45) is 5.92 Å². The van der Waals surface area contributed by atoms with Crippen molar-refractivity contribution in [2.75, 3.05) is 6.54 Å². The second-order valence-corrected chi connectivity index (χ2v) is 6.22. The molecule has 1 saturated carbocycles. The number of hydrogen-bond acceptors (Lipinski definition) is 3. The van der Waals surface area contributed by atoms with Gasteiger partial charge in [0.1, 0.15) is 18.1 Å². The Hall–Kier alpha value is -2.75. The van der Waals surface area contributed by atoms with E-state index in [-0.39, 0.29) is 5.91 Å². The highest BCUT2D eigenvalue weighted by Crippen LogP contribution is 2.27. The van der Waals surface area contributed by atoms with Crippen molar-refractivity contribution in [2.45, 2.75) is 19.4 Å². The first-order valence-corrected chi connectivity index (χ1v) is 8.26. The Morgan fingerprint density at radius 2 is 1.92 bits per heavy atom. The Balaban J connectivity index is 1.37. The fourth-order valence-corrected chi connectivity index (χ4v) is 2.64. The van der Waals surface area contributed by atoms with E-state index in [0.717, 1.165) is 17.7 Å². The van der Waals surface area contributed by atoms with Crippen LogP contribution in [-0.2, 0) is 6.61 Å². The number of hydrogen-bond donors (Lipinski definition) is 1. The zero-order valence-corrected chi connectivity index (χ0v) is 13.3. The first kappa shape index (κ1) is 14.8. The highest BCUT2D eigenvalue weighted by atomic mass is 16.5. The van der Waals surface area contributed by atoms with Gasteiger partial charge in [-0.3, -0.25) is 4.79 Å². The van der Waals surface area contributed by atoms with Gasteiger partial charge in [0, 0.05) is 6.54 Å². The van der Waals surface area contributed by atoms with Crippen LogP contribution in [0.4, 0.5) is 0 Å². The van der Waals surface area contributed by atoms with Gasteiger partial charge in [0.05, 0.1) is 0 Å². The highest BCUT2D eigenvalue weighted by Gasteiger charge is 2.22. The summed E-state index contributed by atoms with van der Waals surface area (Å²) in [6.07, 6.45) is 2.42. The number of furan rings is 1. The van der Waals surface area contributed by atoms with Gasteiger partial charge in [-0.25, -0.2) is 0 Å². The van der Waals surface area contributed by atoms with E-state index in [1.165, 1.54) is 18.2 Å². The summed E-state index contributed by atoms with van der Waals surface area (Å²) < 4.78 is 11.3. The quantitative estimate of drug-likeness (QED) is 0.742. The lowest BCUT2D eigenvalue weighted by atomic mass is 10.1. The molecular formula is C20H19NO3. The van der Waals surface area contributed by atoms with E-state index in [1.807, 2.05) is 30.3 Å². The molecule has 0 bridgehead atoms. The summed E-state index contributed by atoms with van der Waals surface area (Å²) in [7, 11) is 0. The molecule has 122 valence electrons. The molecule has 0 unspecified atom stereocenters. The van der Waals surface area contributed by atoms with E-state index in [4.69, 9.17) is 9.15 Å². The largest absolute Gasteiger partial charge is 0.486 e. The van der Waals surface area contributed by atoms with Crippen LogP contribution >= 0.6 is 0 Å². The Kier molecular flexibility index (Phi) is 3.95. The molecule has 0 saturated heterocycles. The summed E-state index contributed by atoms with van der Waals surface area (Å²) in [5.74, 6) is 2.26. The van der Waals surface area contributed by atoms with Crippen LogP contribution < -0.4 is 10.1 Å². The van der Waals surface area contributed by atoms with Gasteiger partial charge in [-0.2, -0.15) is 0 Å². The van der Waals surface area contributed by atoms with Gasteiger partial charge in [0.15, 0.2) is 5.76 Å². The Morgan fingerprint density at radius 3 is 2.75 bits per heavy atom. The average molecular weight is 321 g/mol. The molecule has 1 amide bonds. The van der Waals surface area contributed by atoms with Crippen LogP contribution in [0.15, 0.2) is 59.0 Å². The van der Waals surface area contributed by atoms with Crippen LogP contribution in [0.25, 0.3) is 10.8 Å². The zero-order valence-electron chi connectivity index (χ0n) is 13.3. The molecule has 4 rings (SSSR count). The van der Waals surface area contributed by atoms with Crippen molar-refractivity contribution in [1.82, 2.24) is 5.32 Å². The number of amides is 1. The molecular weight excluding hydrogens is 302 g/mol. The second kappa shape index (κ2) is 6.40. The normalized spacial score (nSPS) is 13.8. The molecule has 2 aromatic carbocycles. The van der Waals surface area contributed by atoms with Crippen molar-refractivity contribution in [3.8, 4) is 5.75 Å². The van der Waals surface area contributed by atoms with Crippen LogP contribution in [0, 0.1) is 5.92 Å². The van der Waals surface area contributed by atoms with E-state index in [2.05, 4.69) is 17.4 Å². The van der Waals surface area contributed by atoms with Crippen molar-refractivity contribution in [3.05, 3.63) is 66.1 Å². The second-order valence-electron chi connectivity index (χ2n) is 6.22. The number of carbonyl (C=O) groups excluding carboxylic acids is 1. The summed E-state index contributed by atoms with van der Waals surface area (Å²) in [6, 6.07) is 17.6. The molecule has 1 fully saturated rings. The van der Waals surface area contributed by atoms with Crippen molar-refractivity contribution >= 4 is 16.7 Å². The maximum atomic E-state index is 12.0. The molecule has 0 atom stereocenters. The van der Waals surface area contributed by atoms with Gasteiger partial charge in [-0.1, -0.05) is 30.3 Å². The van der Waals surface area contributed by atoms with Crippen LogP contribution in [0.1, 0.15) is 29.2 Å². The molecule has 0 radical (unpaired) electrons. The molecule has 4 nitrogen and oxygen atoms in total. The lowest BCUT2D eigenvalue weighted by Gasteiger charge is -2.06. The van der Waals surface area contributed by atoms with Crippen molar-refractivity contribution in [1.29, 1.82) is 0 Å². The third-order valence-electron chi connectivity index (χ3n) is 4.24. The minimum Gasteiger partial charge on any atom is -0.486 e. The minimum absolute atomic E-state index is 0.154. The maximum Gasteiger partial charge on any atom is 0.287 e. The summed E-state index contributed by atoms with van der Waals surface area (Å²) >= 11 is 0. The topological polar surface area (TPSA) is 51.5 Å². The van der Waals surface area contributed by atoms with Gasteiger partial charge in [0.25, 0.3) is 5.91 Å². The summed E-state index contributed by atoms with van der Waals surface area (Å²) in [6.45, 7) is 1.04. The Morgan fingerprint density at radius 1 is 1.08 bits per heavy atom. The molecule has 4 heteroatoms. The molecule has 3 aromatic rings. The Bertz CT molecular complexity index is 864. The number of carbonyl (C=O) groups is 1. The molecule has 1 N–H and O–H groups in total. The lowest BCUT2D eigenvalue weighted by molar-refractivity contribution is 0.0920. The van der Waals surface area contributed by atoms with Crippen LogP contribution in [0.2, 0.25) is 0 Å². The molecule has 0 spiro atoms. The van der Waals surface area contributed by atoms with Crippen molar-refractivity contribution in [3.63, 3.8) is 0 Å². The molecule has 0 aliphatic heterocycles. The molecule has 1 aromatic heterocycles. The third kappa shape index (κ3) is 3.43. The molecule has 1 aliphatic carbocycles. The third-order valence-corrected chi connectivity index (χ3v) is 4.24.